The molecule has 244 valence electrons. The molecule has 0 radical (unpaired) electrons. The van der Waals surface area contributed by atoms with Gasteiger partial charge in [0.05, 0.1) is 0 Å². The molecule has 7 aromatic rings. The van der Waals surface area contributed by atoms with Crippen LogP contribution in [-0.2, 0) is 0 Å². The van der Waals surface area contributed by atoms with Crippen molar-refractivity contribution in [1.82, 2.24) is 9.97 Å². The number of benzene rings is 6. The zero-order valence-corrected chi connectivity index (χ0v) is 29.8. The summed E-state index contributed by atoms with van der Waals surface area (Å²) in [4.78, 5) is 11.3. The van der Waals surface area contributed by atoms with E-state index in [9.17, 15) is 0 Å². The van der Waals surface area contributed by atoms with Crippen LogP contribution >= 0.6 is 0 Å². The highest BCUT2D eigenvalue weighted by Gasteiger charge is 2.29. The number of aryl methyl sites for hydroxylation is 6. The van der Waals surface area contributed by atoms with Crippen LogP contribution in [0.4, 0.5) is 17.2 Å². The molecular weight excluding hydrogens is 605 g/mol. The van der Waals surface area contributed by atoms with Crippen molar-refractivity contribution in [3.8, 4) is 22.3 Å². The summed E-state index contributed by atoms with van der Waals surface area (Å²) in [6.07, 6.45) is 3.43. The number of anilines is 3. The van der Waals surface area contributed by atoms with E-state index in [1.807, 2.05) is 12.3 Å². The maximum atomic E-state index is 4.77. The quantitative estimate of drug-likeness (QED) is 0.154. The molecule has 7 rings (SSSR count). The number of hydrogen-bond donors (Lipinski definition) is 0. The summed E-state index contributed by atoms with van der Waals surface area (Å²) in [5.74, 6) is 0.809. The lowest BCUT2D eigenvalue weighted by Gasteiger charge is -2.27. The van der Waals surface area contributed by atoms with E-state index in [2.05, 4.69) is 179 Å². The van der Waals surface area contributed by atoms with Crippen LogP contribution in [0.5, 0.6) is 0 Å². The summed E-state index contributed by atoms with van der Waals surface area (Å²) in [5, 5.41) is 0. The fraction of sp³-hybridized carbons (Fsp3) is 0.130. The Bertz CT molecular complexity index is 2100. The molecule has 0 N–H and O–H groups in total. The molecule has 50 heavy (non-hydrogen) atoms. The molecule has 1 heterocycles. The van der Waals surface area contributed by atoms with Gasteiger partial charge in [-0.1, -0.05) is 147 Å². The molecule has 0 aliphatic carbocycles. The Hall–Kier alpha value is -5.74. The minimum atomic E-state index is 0.101. The average Bonchev–Trinajstić information content (AvgIpc) is 3.12. The average molecular weight is 648 g/mol. The predicted molar refractivity (Wildman–Crippen MR) is 214 cm³/mol. The van der Waals surface area contributed by atoms with Gasteiger partial charge < -0.3 is 0 Å². The van der Waals surface area contributed by atoms with Gasteiger partial charge in [0.1, 0.15) is 12.1 Å². The van der Waals surface area contributed by atoms with E-state index in [1.165, 1.54) is 60.9 Å². The second-order valence-electron chi connectivity index (χ2n) is 13.6. The van der Waals surface area contributed by atoms with Gasteiger partial charge in [-0.3, -0.25) is 4.90 Å². The first-order valence-electron chi connectivity index (χ1n) is 17.3. The topological polar surface area (TPSA) is 29.0 Å². The third kappa shape index (κ3) is 6.62. The summed E-state index contributed by atoms with van der Waals surface area (Å²) in [7, 11) is 0. The highest BCUT2D eigenvalue weighted by molar-refractivity contribution is 6.96. The molecule has 0 fully saturated rings. The summed E-state index contributed by atoms with van der Waals surface area (Å²) < 4.78 is 0. The summed E-state index contributed by atoms with van der Waals surface area (Å²) in [6.45, 7) is 13.5. The highest BCUT2D eigenvalue weighted by atomic mass is 15.2. The minimum absolute atomic E-state index is 0.101. The Morgan fingerprint density at radius 2 is 0.940 bits per heavy atom. The van der Waals surface area contributed by atoms with Crippen LogP contribution in [0.2, 0.25) is 0 Å². The van der Waals surface area contributed by atoms with Crippen molar-refractivity contribution in [3.05, 3.63) is 179 Å². The van der Waals surface area contributed by atoms with Gasteiger partial charge in [-0.25, -0.2) is 9.97 Å². The van der Waals surface area contributed by atoms with E-state index >= 15 is 0 Å². The molecule has 0 saturated carbocycles. The van der Waals surface area contributed by atoms with Crippen molar-refractivity contribution in [2.45, 2.75) is 41.5 Å². The van der Waals surface area contributed by atoms with E-state index in [0.717, 1.165) is 28.3 Å². The van der Waals surface area contributed by atoms with Gasteiger partial charge in [0.15, 0.2) is 0 Å². The lowest BCUT2D eigenvalue weighted by molar-refractivity contribution is 1.11. The summed E-state index contributed by atoms with van der Waals surface area (Å²) in [5.41, 5.74) is 18.6. The van der Waals surface area contributed by atoms with Gasteiger partial charge in [-0.2, -0.15) is 0 Å². The molecule has 3 nitrogen and oxygen atoms in total. The van der Waals surface area contributed by atoms with Crippen molar-refractivity contribution in [2.75, 3.05) is 4.90 Å². The number of nitrogens with zero attached hydrogens (tertiary/aromatic N) is 3. The van der Waals surface area contributed by atoms with Gasteiger partial charge in [-0.15, -0.1) is 0 Å². The molecule has 0 bridgehead atoms. The van der Waals surface area contributed by atoms with E-state index in [1.54, 1.807) is 6.33 Å². The monoisotopic (exact) mass is 647 g/mol. The predicted octanol–water partition coefficient (Wildman–Crippen LogP) is 9.65. The van der Waals surface area contributed by atoms with Crippen molar-refractivity contribution < 1.29 is 0 Å². The molecule has 0 aliphatic rings. The molecule has 0 atom stereocenters. The van der Waals surface area contributed by atoms with Gasteiger partial charge in [0.25, 0.3) is 0 Å². The van der Waals surface area contributed by atoms with E-state index < -0.39 is 0 Å². The van der Waals surface area contributed by atoms with Crippen LogP contribution in [0.3, 0.4) is 0 Å². The zero-order chi connectivity index (χ0) is 34.8. The Morgan fingerprint density at radius 3 is 1.38 bits per heavy atom. The molecule has 0 unspecified atom stereocenters. The highest BCUT2D eigenvalue weighted by Crippen LogP contribution is 2.38. The molecule has 0 spiro atoms. The Kier molecular flexibility index (Phi) is 9.19. The van der Waals surface area contributed by atoms with Crippen LogP contribution in [-0.4, -0.2) is 16.7 Å². The second-order valence-corrected chi connectivity index (χ2v) is 13.6. The fourth-order valence-corrected chi connectivity index (χ4v) is 7.75. The number of aromatic nitrogens is 2. The summed E-state index contributed by atoms with van der Waals surface area (Å²) >= 11 is 0. The molecular formula is C46H42BN3. The van der Waals surface area contributed by atoms with Crippen molar-refractivity contribution in [2.24, 2.45) is 0 Å². The van der Waals surface area contributed by atoms with E-state index in [4.69, 9.17) is 4.98 Å². The SMILES string of the molecule is Cc1cc(C)c(B(c2ccc(N(c3cc(-c4ccccc4)cc(-c4ccccc4)c3)c3ccncn3)cc2)c2c(C)cc(C)cc2C)c(C)c1. The minimum Gasteiger partial charge on any atom is -0.295 e. The van der Waals surface area contributed by atoms with Crippen molar-refractivity contribution in [1.29, 1.82) is 0 Å². The first kappa shape index (κ1) is 32.8. The van der Waals surface area contributed by atoms with Crippen LogP contribution in [0.25, 0.3) is 22.3 Å². The second kappa shape index (κ2) is 14.0. The molecule has 0 amide bonds. The maximum absolute atomic E-state index is 4.77. The van der Waals surface area contributed by atoms with Crippen molar-refractivity contribution >= 4 is 40.3 Å². The molecule has 6 aromatic carbocycles. The number of rotatable bonds is 8. The molecule has 1 aromatic heterocycles. The first-order valence-corrected chi connectivity index (χ1v) is 17.3. The Labute approximate surface area is 297 Å². The van der Waals surface area contributed by atoms with Gasteiger partial charge in [0, 0.05) is 17.6 Å². The zero-order valence-electron chi connectivity index (χ0n) is 29.8. The molecule has 0 aliphatic heterocycles. The first-order chi connectivity index (χ1) is 24.3. The Morgan fingerprint density at radius 1 is 0.460 bits per heavy atom. The standard InChI is InChI=1S/C46H42BN3/c1-31-23-33(3)45(34(4)24-31)47(46-35(5)25-32(2)26-36(46)6)41-17-19-42(20-18-41)50(44-21-22-48-30-49-44)43-28-39(37-13-9-7-10-14-37)27-40(29-43)38-15-11-8-12-16-38/h7-30H,1-6H3. The summed E-state index contributed by atoms with van der Waals surface area (Å²) in [6, 6.07) is 48.4. The van der Waals surface area contributed by atoms with Crippen LogP contribution in [0, 0.1) is 41.5 Å². The largest absolute Gasteiger partial charge is 0.295 e. The Balaban J connectivity index is 1.41. The van der Waals surface area contributed by atoms with E-state index in [0.29, 0.717) is 0 Å². The molecule has 0 saturated heterocycles. The van der Waals surface area contributed by atoms with Gasteiger partial charge in [0.2, 0.25) is 6.71 Å². The normalized spacial score (nSPS) is 11.0. The van der Waals surface area contributed by atoms with Crippen LogP contribution in [0.15, 0.2) is 146 Å². The third-order valence-electron chi connectivity index (χ3n) is 9.72. The maximum Gasteiger partial charge on any atom is 0.242 e. The molecule has 4 heteroatoms. The lowest BCUT2D eigenvalue weighted by atomic mass is 9.34. The lowest BCUT2D eigenvalue weighted by Crippen LogP contribution is -2.55. The van der Waals surface area contributed by atoms with E-state index in [-0.39, 0.29) is 6.71 Å². The van der Waals surface area contributed by atoms with Crippen LogP contribution < -0.4 is 21.3 Å². The van der Waals surface area contributed by atoms with Gasteiger partial charge >= 0.3 is 0 Å². The van der Waals surface area contributed by atoms with Crippen LogP contribution in [0.1, 0.15) is 33.4 Å². The van der Waals surface area contributed by atoms with Gasteiger partial charge in [-0.05, 0) is 100 Å². The fourth-order valence-electron chi connectivity index (χ4n) is 7.75. The smallest absolute Gasteiger partial charge is 0.242 e. The number of hydrogen-bond acceptors (Lipinski definition) is 3. The van der Waals surface area contributed by atoms with Crippen molar-refractivity contribution in [3.63, 3.8) is 0 Å². The third-order valence-corrected chi connectivity index (χ3v) is 9.72.